The number of hydrogen-bond acceptors (Lipinski definition) is 5. The van der Waals surface area contributed by atoms with E-state index in [1.165, 1.54) is 6.07 Å². The van der Waals surface area contributed by atoms with Crippen LogP contribution in [0.25, 0.3) is 0 Å². The molecule has 2 aliphatic rings. The predicted octanol–water partition coefficient (Wildman–Crippen LogP) is 4.23. The largest absolute Gasteiger partial charge is 0.443 e. The van der Waals surface area contributed by atoms with Crippen LogP contribution >= 0.6 is 24.8 Å². The third kappa shape index (κ3) is 4.52. The third-order valence-corrected chi connectivity index (χ3v) is 5.33. The van der Waals surface area contributed by atoms with Gasteiger partial charge in [0, 0.05) is 30.0 Å². The zero-order valence-electron chi connectivity index (χ0n) is 16.6. The highest BCUT2D eigenvalue weighted by Gasteiger charge is 2.42. The Morgan fingerprint density at radius 3 is 2.79 bits per heavy atom. The number of carbonyl (C=O) groups excluding carboxylic acids is 1. The molecule has 3 heterocycles. The monoisotopic (exact) mass is 444 g/mol. The van der Waals surface area contributed by atoms with Crippen molar-refractivity contribution >= 4 is 36.5 Å². The minimum Gasteiger partial charge on any atom is -0.443 e. The average Bonchev–Trinajstić information content (AvgIpc) is 3.27. The van der Waals surface area contributed by atoms with E-state index in [4.69, 9.17) is 4.74 Å². The molecule has 0 bridgehead atoms. The Labute approximate surface area is 182 Å². The van der Waals surface area contributed by atoms with Crippen molar-refractivity contribution in [3.05, 3.63) is 47.8 Å². The van der Waals surface area contributed by atoms with Gasteiger partial charge in [-0.25, -0.2) is 9.37 Å². The van der Waals surface area contributed by atoms with Crippen LogP contribution in [0.5, 0.6) is 0 Å². The normalized spacial score (nSPS) is 22.4. The smallest absolute Gasteiger partial charge is 0.312 e. The molecule has 0 aliphatic carbocycles. The fraction of sp³-hybridized carbons (Fsp3) is 0.500. The summed E-state index contributed by atoms with van der Waals surface area (Å²) in [6.45, 7) is 6.50. The molecule has 3 atom stereocenters. The summed E-state index contributed by atoms with van der Waals surface area (Å²) in [5.74, 6) is 0.598. The van der Waals surface area contributed by atoms with E-state index in [0.29, 0.717) is 0 Å². The Kier molecular flexibility index (Phi) is 7.19. The van der Waals surface area contributed by atoms with Crippen LogP contribution in [0.15, 0.2) is 30.6 Å². The maximum Gasteiger partial charge on any atom is 0.312 e. The van der Waals surface area contributed by atoms with Gasteiger partial charge in [0.1, 0.15) is 11.6 Å². The van der Waals surface area contributed by atoms with Crippen molar-refractivity contribution in [2.45, 2.75) is 46.0 Å². The number of benzene rings is 1. The first-order valence-corrected chi connectivity index (χ1v) is 9.32. The first-order chi connectivity index (χ1) is 12.8. The van der Waals surface area contributed by atoms with Crippen molar-refractivity contribution in [3.63, 3.8) is 0 Å². The highest BCUT2D eigenvalue weighted by Crippen LogP contribution is 2.46. The van der Waals surface area contributed by atoms with Crippen molar-refractivity contribution < 1.29 is 13.9 Å². The molecule has 29 heavy (non-hydrogen) atoms. The standard InChI is InChI=1S/C20H25FN4O2.2ClH/c1-20(2,3)19(26)27-11-25-9-8-23-18(25)17-13-6-7-22-16(13)14-10-12(21)4-5-15(14)24-17;;/h4-5,8-10,13,16-17,22,24H,6-7,11H2,1-3H3;2*1H/t13-,16+,17+;;/m0../s1. The van der Waals surface area contributed by atoms with Crippen molar-refractivity contribution in [2.24, 2.45) is 11.3 Å². The minimum absolute atomic E-state index is 0. The second-order valence-electron chi connectivity index (χ2n) is 8.30. The Morgan fingerprint density at radius 2 is 2.07 bits per heavy atom. The first-order valence-electron chi connectivity index (χ1n) is 9.32. The van der Waals surface area contributed by atoms with Crippen LogP contribution < -0.4 is 10.6 Å². The summed E-state index contributed by atoms with van der Waals surface area (Å²) in [6, 6.07) is 4.90. The Hall–Kier alpha value is -1.83. The van der Waals surface area contributed by atoms with Crippen LogP contribution in [0.4, 0.5) is 10.1 Å². The van der Waals surface area contributed by atoms with Gasteiger partial charge in [-0.15, -0.1) is 24.8 Å². The Bertz CT molecular complexity index is 868. The molecule has 2 N–H and O–H groups in total. The molecule has 6 nitrogen and oxygen atoms in total. The molecule has 0 unspecified atom stereocenters. The number of esters is 1. The molecule has 9 heteroatoms. The van der Waals surface area contributed by atoms with Gasteiger partial charge in [-0.3, -0.25) is 9.36 Å². The van der Waals surface area contributed by atoms with Crippen LogP contribution in [0.3, 0.4) is 0 Å². The molecule has 2 aliphatic heterocycles. The predicted molar refractivity (Wildman–Crippen MR) is 114 cm³/mol. The van der Waals surface area contributed by atoms with E-state index in [1.54, 1.807) is 18.3 Å². The molecule has 1 saturated heterocycles. The quantitative estimate of drug-likeness (QED) is 0.693. The average molecular weight is 445 g/mol. The maximum atomic E-state index is 13.7. The van der Waals surface area contributed by atoms with Crippen LogP contribution in [-0.2, 0) is 16.3 Å². The number of nitrogens with zero attached hydrogens (tertiary/aromatic N) is 2. The molecule has 0 spiro atoms. The molecule has 2 aromatic rings. The van der Waals surface area contributed by atoms with E-state index in [0.717, 1.165) is 30.0 Å². The van der Waals surface area contributed by atoms with E-state index < -0.39 is 5.41 Å². The van der Waals surface area contributed by atoms with Crippen LogP contribution in [0.1, 0.15) is 50.7 Å². The number of aromatic nitrogens is 2. The fourth-order valence-electron chi connectivity index (χ4n) is 3.93. The summed E-state index contributed by atoms with van der Waals surface area (Å²) in [5, 5.41) is 7.02. The first kappa shape index (κ1) is 23.4. The van der Waals surface area contributed by atoms with E-state index in [-0.39, 0.29) is 61.3 Å². The van der Waals surface area contributed by atoms with Gasteiger partial charge in [0.05, 0.1) is 11.5 Å². The van der Waals surface area contributed by atoms with Crippen molar-refractivity contribution in [3.8, 4) is 0 Å². The number of carbonyl (C=O) groups is 1. The van der Waals surface area contributed by atoms with Crippen molar-refractivity contribution in [2.75, 3.05) is 11.9 Å². The molecular weight excluding hydrogens is 418 g/mol. The van der Waals surface area contributed by atoms with Gasteiger partial charge in [0.15, 0.2) is 6.73 Å². The van der Waals surface area contributed by atoms with Crippen LogP contribution in [0, 0.1) is 17.2 Å². The second kappa shape index (κ2) is 8.90. The summed E-state index contributed by atoms with van der Waals surface area (Å²) in [4.78, 5) is 16.6. The topological polar surface area (TPSA) is 68.2 Å². The number of fused-ring (bicyclic) bond motifs is 3. The fourth-order valence-corrected chi connectivity index (χ4v) is 3.93. The maximum absolute atomic E-state index is 13.7. The highest BCUT2D eigenvalue weighted by atomic mass is 35.5. The number of nitrogens with one attached hydrogen (secondary N) is 2. The van der Waals surface area contributed by atoms with Gasteiger partial charge < -0.3 is 15.4 Å². The van der Waals surface area contributed by atoms with Crippen LogP contribution in [-0.4, -0.2) is 22.1 Å². The summed E-state index contributed by atoms with van der Waals surface area (Å²) in [5.41, 5.74) is 1.33. The second-order valence-corrected chi connectivity index (χ2v) is 8.30. The van der Waals surface area contributed by atoms with E-state index in [2.05, 4.69) is 15.6 Å². The van der Waals surface area contributed by atoms with Crippen LogP contribution in [0.2, 0.25) is 0 Å². The lowest BCUT2D eigenvalue weighted by Gasteiger charge is -2.36. The minimum atomic E-state index is -0.548. The van der Waals surface area contributed by atoms with Gasteiger partial charge in [0.2, 0.25) is 0 Å². The zero-order chi connectivity index (χ0) is 19.2. The van der Waals surface area contributed by atoms with E-state index in [1.807, 2.05) is 31.5 Å². The zero-order valence-corrected chi connectivity index (χ0v) is 18.3. The lowest BCUT2D eigenvalue weighted by Crippen LogP contribution is -2.34. The summed E-state index contributed by atoms with van der Waals surface area (Å²) >= 11 is 0. The van der Waals surface area contributed by atoms with Crippen molar-refractivity contribution in [1.82, 2.24) is 14.9 Å². The van der Waals surface area contributed by atoms with Gasteiger partial charge in [0.25, 0.3) is 0 Å². The van der Waals surface area contributed by atoms with E-state index in [9.17, 15) is 9.18 Å². The lowest BCUT2D eigenvalue weighted by molar-refractivity contribution is -0.157. The number of ether oxygens (including phenoxy) is 1. The SMILES string of the molecule is CC(C)(C)C(=O)OCn1ccnc1[C@@H]1Nc2ccc(F)cc2[C@@H]2NCC[C@@H]21.Cl.Cl. The van der Waals surface area contributed by atoms with Gasteiger partial charge in [-0.1, -0.05) is 0 Å². The van der Waals surface area contributed by atoms with Crippen molar-refractivity contribution in [1.29, 1.82) is 0 Å². The van der Waals surface area contributed by atoms with Gasteiger partial charge in [-0.2, -0.15) is 0 Å². The molecule has 1 fully saturated rings. The number of imidazole rings is 1. The molecule has 0 radical (unpaired) electrons. The summed E-state index contributed by atoms with van der Waals surface area (Å²) in [6.07, 6.45) is 4.51. The Balaban J connectivity index is 0.00000150. The molecule has 0 saturated carbocycles. The summed E-state index contributed by atoms with van der Waals surface area (Å²) < 4.78 is 21.1. The van der Waals surface area contributed by atoms with Gasteiger partial charge >= 0.3 is 5.97 Å². The number of hydrogen-bond donors (Lipinski definition) is 2. The number of rotatable bonds is 3. The Morgan fingerprint density at radius 1 is 1.31 bits per heavy atom. The highest BCUT2D eigenvalue weighted by molar-refractivity contribution is 5.85. The molecule has 1 aromatic heterocycles. The van der Waals surface area contributed by atoms with Gasteiger partial charge in [-0.05, 0) is 57.5 Å². The molecule has 4 rings (SSSR count). The van der Waals surface area contributed by atoms with E-state index >= 15 is 0 Å². The molecule has 1 aromatic carbocycles. The number of halogens is 3. The third-order valence-electron chi connectivity index (χ3n) is 5.33. The molecule has 160 valence electrons. The number of anilines is 1. The summed E-state index contributed by atoms with van der Waals surface area (Å²) in [7, 11) is 0. The molecular formula is C20H27Cl2FN4O2. The molecule has 0 amide bonds. The lowest BCUT2D eigenvalue weighted by atomic mass is 9.83.